The Morgan fingerprint density at radius 2 is 2.25 bits per heavy atom. The van der Waals surface area contributed by atoms with Gasteiger partial charge in [-0.2, -0.15) is 0 Å². The molecular formula is C10H10N2O4. The minimum absolute atomic E-state index is 0.184. The zero-order valence-electron chi connectivity index (χ0n) is 8.81. The summed E-state index contributed by atoms with van der Waals surface area (Å²) in [6.07, 6.45) is 0. The summed E-state index contributed by atoms with van der Waals surface area (Å²) >= 11 is 0. The molecule has 2 rings (SSSR count). The lowest BCUT2D eigenvalue weighted by Gasteiger charge is -1.93. The molecule has 0 unspecified atom stereocenters. The Bertz CT molecular complexity index is 527. The van der Waals surface area contributed by atoms with Crippen LogP contribution in [0.5, 0.6) is 0 Å². The fourth-order valence-electron chi connectivity index (χ4n) is 1.33. The highest BCUT2D eigenvalue weighted by atomic mass is 16.5. The lowest BCUT2D eigenvalue weighted by molar-refractivity contribution is 0.0599. The predicted molar refractivity (Wildman–Crippen MR) is 54.7 cm³/mol. The van der Waals surface area contributed by atoms with Crippen LogP contribution >= 0.6 is 0 Å². The van der Waals surface area contributed by atoms with Crippen molar-refractivity contribution in [3.05, 3.63) is 23.5 Å². The SMILES string of the molecule is COC(=O)c1cc(-c2cc(N)on2)oc1C. The van der Waals surface area contributed by atoms with Crippen LogP contribution in [0.3, 0.4) is 0 Å². The molecular weight excluding hydrogens is 212 g/mol. The topological polar surface area (TPSA) is 91.5 Å². The molecule has 0 aromatic carbocycles. The van der Waals surface area contributed by atoms with Crippen LogP contribution in [0.4, 0.5) is 5.88 Å². The van der Waals surface area contributed by atoms with E-state index in [0.717, 1.165) is 0 Å². The number of furan rings is 1. The van der Waals surface area contributed by atoms with Crippen LogP contribution < -0.4 is 5.73 Å². The van der Waals surface area contributed by atoms with E-state index >= 15 is 0 Å². The number of rotatable bonds is 2. The average Bonchev–Trinajstić information content (AvgIpc) is 2.83. The number of hydrogen-bond acceptors (Lipinski definition) is 6. The molecule has 6 nitrogen and oxygen atoms in total. The Morgan fingerprint density at radius 3 is 2.81 bits per heavy atom. The highest BCUT2D eigenvalue weighted by molar-refractivity contribution is 5.91. The maximum atomic E-state index is 11.3. The molecule has 0 bridgehead atoms. The van der Waals surface area contributed by atoms with Crippen molar-refractivity contribution in [2.75, 3.05) is 12.8 Å². The molecule has 0 radical (unpaired) electrons. The van der Waals surface area contributed by atoms with E-state index in [1.165, 1.54) is 13.2 Å². The molecule has 0 atom stereocenters. The third-order valence-corrected chi connectivity index (χ3v) is 2.10. The van der Waals surface area contributed by atoms with Gasteiger partial charge < -0.3 is 19.4 Å². The Hall–Kier alpha value is -2.24. The standard InChI is InChI=1S/C10H10N2O4/c1-5-6(10(13)14-2)3-8(15-5)7-4-9(11)16-12-7/h3-4H,11H2,1-2H3. The van der Waals surface area contributed by atoms with E-state index in [9.17, 15) is 4.79 Å². The summed E-state index contributed by atoms with van der Waals surface area (Å²) in [6, 6.07) is 3.05. The zero-order valence-corrected chi connectivity index (χ0v) is 8.81. The van der Waals surface area contributed by atoms with Gasteiger partial charge in [-0.1, -0.05) is 5.16 Å². The van der Waals surface area contributed by atoms with Crippen molar-refractivity contribution in [1.29, 1.82) is 0 Å². The first kappa shape index (κ1) is 10.3. The molecule has 2 N–H and O–H groups in total. The second-order valence-electron chi connectivity index (χ2n) is 3.19. The van der Waals surface area contributed by atoms with Crippen molar-refractivity contribution in [3.8, 4) is 11.5 Å². The van der Waals surface area contributed by atoms with E-state index in [4.69, 9.17) is 14.7 Å². The average molecular weight is 222 g/mol. The maximum Gasteiger partial charge on any atom is 0.341 e. The van der Waals surface area contributed by atoms with Gasteiger partial charge in [-0.3, -0.25) is 0 Å². The largest absolute Gasteiger partial charge is 0.465 e. The minimum atomic E-state index is -0.455. The molecule has 0 fully saturated rings. The fourth-order valence-corrected chi connectivity index (χ4v) is 1.33. The Morgan fingerprint density at radius 1 is 1.50 bits per heavy atom. The molecule has 16 heavy (non-hydrogen) atoms. The summed E-state index contributed by atoms with van der Waals surface area (Å²) in [5.74, 6) is 0.606. The van der Waals surface area contributed by atoms with E-state index in [-0.39, 0.29) is 5.88 Å². The van der Waals surface area contributed by atoms with Crippen LogP contribution in [0.15, 0.2) is 21.1 Å². The monoisotopic (exact) mass is 222 g/mol. The number of nitrogens with two attached hydrogens (primary N) is 1. The van der Waals surface area contributed by atoms with Gasteiger partial charge in [-0.25, -0.2) is 4.79 Å². The van der Waals surface area contributed by atoms with Gasteiger partial charge in [0.1, 0.15) is 11.3 Å². The summed E-state index contributed by atoms with van der Waals surface area (Å²) in [4.78, 5) is 11.3. The van der Waals surface area contributed by atoms with Gasteiger partial charge in [0.25, 0.3) is 0 Å². The Balaban J connectivity index is 2.41. The molecule has 0 amide bonds. The maximum absolute atomic E-state index is 11.3. The summed E-state index contributed by atoms with van der Waals surface area (Å²) in [6.45, 7) is 1.67. The van der Waals surface area contributed by atoms with Crippen LogP contribution in [-0.2, 0) is 4.74 Å². The minimum Gasteiger partial charge on any atom is -0.465 e. The second kappa shape index (κ2) is 3.73. The number of methoxy groups -OCH3 is 1. The van der Waals surface area contributed by atoms with Gasteiger partial charge in [-0.05, 0) is 6.92 Å². The number of aryl methyl sites for hydroxylation is 1. The van der Waals surface area contributed by atoms with Gasteiger partial charge in [0.05, 0.1) is 7.11 Å². The van der Waals surface area contributed by atoms with Gasteiger partial charge in [-0.15, -0.1) is 0 Å². The van der Waals surface area contributed by atoms with Crippen LogP contribution in [0.2, 0.25) is 0 Å². The molecule has 0 spiro atoms. The number of nitrogen functional groups attached to an aromatic ring is 1. The lowest BCUT2D eigenvalue weighted by Crippen LogP contribution is -2.00. The summed E-state index contributed by atoms with van der Waals surface area (Å²) in [5.41, 5.74) is 6.19. The molecule has 6 heteroatoms. The van der Waals surface area contributed by atoms with Crippen molar-refractivity contribution in [3.63, 3.8) is 0 Å². The Kier molecular flexibility index (Phi) is 2.40. The number of carbonyl (C=O) groups is 1. The lowest BCUT2D eigenvalue weighted by atomic mass is 10.2. The third kappa shape index (κ3) is 1.65. The van der Waals surface area contributed by atoms with Crippen molar-refractivity contribution in [1.82, 2.24) is 5.16 Å². The quantitative estimate of drug-likeness (QED) is 0.776. The fraction of sp³-hybridized carbons (Fsp3) is 0.200. The number of anilines is 1. The molecule has 0 aliphatic rings. The normalized spacial score (nSPS) is 10.4. The number of ether oxygens (including phenoxy) is 1. The smallest absolute Gasteiger partial charge is 0.341 e. The zero-order chi connectivity index (χ0) is 11.7. The van der Waals surface area contributed by atoms with Crippen molar-refractivity contribution in [2.24, 2.45) is 0 Å². The van der Waals surface area contributed by atoms with Crippen LogP contribution in [0.25, 0.3) is 11.5 Å². The van der Waals surface area contributed by atoms with Crippen LogP contribution in [0.1, 0.15) is 16.1 Å². The van der Waals surface area contributed by atoms with Gasteiger partial charge >= 0.3 is 5.97 Å². The Labute approximate surface area is 91.0 Å². The molecule has 2 aromatic heterocycles. The first-order chi connectivity index (χ1) is 7.61. The van der Waals surface area contributed by atoms with Gasteiger partial charge in [0, 0.05) is 12.1 Å². The van der Waals surface area contributed by atoms with Crippen molar-refractivity contribution >= 4 is 11.9 Å². The van der Waals surface area contributed by atoms with E-state index < -0.39 is 5.97 Å². The molecule has 0 aliphatic carbocycles. The molecule has 84 valence electrons. The van der Waals surface area contributed by atoms with E-state index in [1.54, 1.807) is 13.0 Å². The number of nitrogens with zero attached hydrogens (tertiary/aromatic N) is 1. The van der Waals surface area contributed by atoms with Gasteiger partial charge in [0.2, 0.25) is 5.88 Å². The number of esters is 1. The van der Waals surface area contributed by atoms with Gasteiger partial charge in [0.15, 0.2) is 11.5 Å². The highest BCUT2D eigenvalue weighted by Crippen LogP contribution is 2.25. The third-order valence-electron chi connectivity index (χ3n) is 2.10. The number of carbonyl (C=O) groups excluding carboxylic acids is 1. The highest BCUT2D eigenvalue weighted by Gasteiger charge is 2.18. The van der Waals surface area contributed by atoms with Crippen LogP contribution in [-0.4, -0.2) is 18.2 Å². The summed E-state index contributed by atoms with van der Waals surface area (Å²) in [7, 11) is 1.31. The first-order valence-corrected chi connectivity index (χ1v) is 4.53. The molecule has 2 heterocycles. The molecule has 2 aromatic rings. The summed E-state index contributed by atoms with van der Waals surface area (Å²) in [5, 5.41) is 3.68. The van der Waals surface area contributed by atoms with E-state index in [1.807, 2.05) is 0 Å². The first-order valence-electron chi connectivity index (χ1n) is 4.53. The summed E-state index contributed by atoms with van der Waals surface area (Å²) < 4.78 is 14.7. The van der Waals surface area contributed by atoms with Crippen molar-refractivity contribution in [2.45, 2.75) is 6.92 Å². The number of aromatic nitrogens is 1. The van der Waals surface area contributed by atoms with Crippen LogP contribution in [0, 0.1) is 6.92 Å². The van der Waals surface area contributed by atoms with Crippen molar-refractivity contribution < 1.29 is 18.5 Å². The second-order valence-corrected chi connectivity index (χ2v) is 3.19. The van der Waals surface area contributed by atoms with E-state index in [2.05, 4.69) is 9.89 Å². The molecule has 0 saturated heterocycles. The molecule has 0 aliphatic heterocycles. The molecule has 0 saturated carbocycles. The van der Waals surface area contributed by atoms with E-state index in [0.29, 0.717) is 22.8 Å². The number of hydrogen-bond donors (Lipinski definition) is 1. The predicted octanol–water partition coefficient (Wildman–Crippen LogP) is 1.61.